The van der Waals surface area contributed by atoms with Crippen LogP contribution in [0.2, 0.25) is 5.02 Å². The Morgan fingerprint density at radius 2 is 1.92 bits per heavy atom. The fraction of sp³-hybridized carbons (Fsp3) is 0.350. The quantitative estimate of drug-likeness (QED) is 0.679. The molecule has 0 unspecified atom stereocenters. The van der Waals surface area contributed by atoms with Gasteiger partial charge in [-0.1, -0.05) is 30.7 Å². The maximum Gasteiger partial charge on any atom is 0.261 e. The Labute approximate surface area is 154 Å². The van der Waals surface area contributed by atoms with Crippen LogP contribution in [0.25, 0.3) is 0 Å². The van der Waals surface area contributed by atoms with Crippen LogP contribution < -0.4 is 14.8 Å². The molecule has 1 atom stereocenters. The third kappa shape index (κ3) is 6.31. The Balaban J connectivity index is 1.76. The molecule has 2 aromatic carbocycles. The maximum absolute atomic E-state index is 12.3. The lowest BCUT2D eigenvalue weighted by atomic mass is 10.1. The van der Waals surface area contributed by atoms with E-state index in [9.17, 15) is 4.79 Å². The highest BCUT2D eigenvalue weighted by molar-refractivity contribution is 6.30. The fourth-order valence-electron chi connectivity index (χ4n) is 2.45. The molecule has 0 fully saturated rings. The van der Waals surface area contributed by atoms with Crippen LogP contribution in [0.15, 0.2) is 48.5 Å². The second-order valence-electron chi connectivity index (χ2n) is 5.71. The van der Waals surface area contributed by atoms with Crippen LogP contribution >= 0.6 is 11.6 Å². The van der Waals surface area contributed by atoms with Crippen LogP contribution in [0.5, 0.6) is 11.5 Å². The summed E-state index contributed by atoms with van der Waals surface area (Å²) < 4.78 is 11.0. The first-order valence-electron chi connectivity index (χ1n) is 8.45. The van der Waals surface area contributed by atoms with Gasteiger partial charge in [-0.3, -0.25) is 4.79 Å². The molecule has 0 aliphatic carbocycles. The highest BCUT2D eigenvalue weighted by atomic mass is 35.5. The maximum atomic E-state index is 12.3. The fourth-order valence-corrected chi connectivity index (χ4v) is 2.57. The Morgan fingerprint density at radius 1 is 1.16 bits per heavy atom. The molecule has 2 aromatic rings. The Hall–Kier alpha value is -2.20. The summed E-state index contributed by atoms with van der Waals surface area (Å²) in [7, 11) is 1.66. The second-order valence-corrected chi connectivity index (χ2v) is 6.15. The van der Waals surface area contributed by atoms with E-state index >= 15 is 0 Å². The van der Waals surface area contributed by atoms with E-state index in [1.807, 2.05) is 25.1 Å². The van der Waals surface area contributed by atoms with Gasteiger partial charge in [0.2, 0.25) is 0 Å². The van der Waals surface area contributed by atoms with E-state index in [-0.39, 0.29) is 5.91 Å². The summed E-state index contributed by atoms with van der Waals surface area (Å²) in [4.78, 5) is 12.3. The van der Waals surface area contributed by atoms with Gasteiger partial charge in [0.05, 0.1) is 7.11 Å². The predicted molar refractivity (Wildman–Crippen MR) is 100 cm³/mol. The number of aryl methyl sites for hydroxylation is 1. The van der Waals surface area contributed by atoms with Crippen LogP contribution in [-0.2, 0) is 11.2 Å². The third-order valence-electron chi connectivity index (χ3n) is 3.83. The Bertz CT molecular complexity index is 673. The molecule has 0 spiro atoms. The van der Waals surface area contributed by atoms with E-state index in [1.54, 1.807) is 31.4 Å². The van der Waals surface area contributed by atoms with Gasteiger partial charge < -0.3 is 14.8 Å². The standard InChI is InChI=1S/C20H24ClNO3/c1-3-19(25-17-11-9-16(21)10-12-17)20(23)22-13-5-7-15-6-4-8-18(14-15)24-2/h4,6,8-12,14,19H,3,5,7,13H2,1-2H3,(H,22,23)/t19-/m0/s1. The summed E-state index contributed by atoms with van der Waals surface area (Å²) in [5, 5.41) is 3.58. The predicted octanol–water partition coefficient (Wildman–Crippen LogP) is 4.26. The monoisotopic (exact) mass is 361 g/mol. The lowest BCUT2D eigenvalue weighted by Gasteiger charge is -2.17. The second kappa shape index (κ2) is 9.94. The molecule has 5 heteroatoms. The van der Waals surface area contributed by atoms with Crippen LogP contribution in [0.3, 0.4) is 0 Å². The van der Waals surface area contributed by atoms with E-state index in [0.717, 1.165) is 18.6 Å². The van der Waals surface area contributed by atoms with E-state index < -0.39 is 6.10 Å². The average molecular weight is 362 g/mol. The number of rotatable bonds is 9. The smallest absolute Gasteiger partial charge is 0.261 e. The molecule has 0 saturated heterocycles. The normalized spacial score (nSPS) is 11.6. The Kier molecular flexibility index (Phi) is 7.61. The zero-order valence-corrected chi connectivity index (χ0v) is 15.4. The van der Waals surface area contributed by atoms with Gasteiger partial charge in [0.15, 0.2) is 6.10 Å². The molecular weight excluding hydrogens is 338 g/mol. The Morgan fingerprint density at radius 3 is 2.60 bits per heavy atom. The first-order valence-corrected chi connectivity index (χ1v) is 8.83. The van der Waals surface area contributed by atoms with E-state index in [2.05, 4.69) is 11.4 Å². The van der Waals surface area contributed by atoms with Gasteiger partial charge in [0.1, 0.15) is 11.5 Å². The van der Waals surface area contributed by atoms with Crippen molar-refractivity contribution in [2.45, 2.75) is 32.3 Å². The number of hydrogen-bond acceptors (Lipinski definition) is 3. The summed E-state index contributed by atoms with van der Waals surface area (Å²) >= 11 is 5.86. The highest BCUT2D eigenvalue weighted by Crippen LogP contribution is 2.18. The molecule has 0 aromatic heterocycles. The zero-order valence-electron chi connectivity index (χ0n) is 14.6. The van der Waals surface area contributed by atoms with E-state index in [0.29, 0.717) is 23.7 Å². The van der Waals surface area contributed by atoms with Crippen molar-refractivity contribution in [3.63, 3.8) is 0 Å². The average Bonchev–Trinajstić information content (AvgIpc) is 2.64. The highest BCUT2D eigenvalue weighted by Gasteiger charge is 2.17. The van der Waals surface area contributed by atoms with Crippen molar-refractivity contribution in [2.75, 3.05) is 13.7 Å². The van der Waals surface area contributed by atoms with Gasteiger partial charge in [0.25, 0.3) is 5.91 Å². The summed E-state index contributed by atoms with van der Waals surface area (Å²) in [6.45, 7) is 2.53. The molecule has 0 radical (unpaired) electrons. The van der Waals surface area contributed by atoms with Gasteiger partial charge in [-0.2, -0.15) is 0 Å². The summed E-state index contributed by atoms with van der Waals surface area (Å²) in [6.07, 6.45) is 1.84. The number of carbonyl (C=O) groups is 1. The summed E-state index contributed by atoms with van der Waals surface area (Å²) in [6, 6.07) is 15.0. The van der Waals surface area contributed by atoms with Crippen molar-refractivity contribution < 1.29 is 14.3 Å². The molecule has 0 aliphatic rings. The van der Waals surface area contributed by atoms with Crippen molar-refractivity contribution in [2.24, 2.45) is 0 Å². The molecule has 2 rings (SSSR count). The van der Waals surface area contributed by atoms with Crippen LogP contribution in [0.4, 0.5) is 0 Å². The summed E-state index contributed by atoms with van der Waals surface area (Å²) in [5.41, 5.74) is 1.19. The first-order chi connectivity index (χ1) is 12.1. The number of halogens is 1. The molecule has 0 aliphatic heterocycles. The molecule has 1 amide bonds. The van der Waals surface area contributed by atoms with E-state index in [1.165, 1.54) is 5.56 Å². The van der Waals surface area contributed by atoms with Crippen molar-refractivity contribution >= 4 is 17.5 Å². The lowest BCUT2D eigenvalue weighted by molar-refractivity contribution is -0.128. The number of ether oxygens (including phenoxy) is 2. The minimum absolute atomic E-state index is 0.0944. The largest absolute Gasteiger partial charge is 0.497 e. The van der Waals surface area contributed by atoms with E-state index in [4.69, 9.17) is 21.1 Å². The first kappa shape index (κ1) is 19.1. The molecule has 25 heavy (non-hydrogen) atoms. The zero-order chi connectivity index (χ0) is 18.1. The lowest BCUT2D eigenvalue weighted by Crippen LogP contribution is -2.38. The number of amides is 1. The number of carbonyl (C=O) groups excluding carboxylic acids is 1. The van der Waals surface area contributed by atoms with Gasteiger partial charge in [-0.25, -0.2) is 0 Å². The van der Waals surface area contributed by atoms with Crippen LogP contribution in [0, 0.1) is 0 Å². The SMILES string of the molecule is CC[C@H](Oc1ccc(Cl)cc1)C(=O)NCCCc1cccc(OC)c1. The van der Waals surface area contributed by atoms with Crippen molar-refractivity contribution in [3.8, 4) is 11.5 Å². The summed E-state index contributed by atoms with van der Waals surface area (Å²) in [5.74, 6) is 1.40. The number of methoxy groups -OCH3 is 1. The minimum Gasteiger partial charge on any atom is -0.497 e. The van der Waals surface area contributed by atoms with Crippen molar-refractivity contribution in [1.29, 1.82) is 0 Å². The van der Waals surface area contributed by atoms with Crippen LogP contribution in [-0.4, -0.2) is 25.7 Å². The number of hydrogen-bond donors (Lipinski definition) is 1. The third-order valence-corrected chi connectivity index (χ3v) is 4.08. The molecule has 4 nitrogen and oxygen atoms in total. The van der Waals surface area contributed by atoms with Crippen molar-refractivity contribution in [3.05, 3.63) is 59.1 Å². The van der Waals surface area contributed by atoms with Gasteiger partial charge in [-0.15, -0.1) is 0 Å². The molecule has 0 saturated carbocycles. The molecule has 1 N–H and O–H groups in total. The number of benzene rings is 2. The molecule has 134 valence electrons. The number of nitrogens with one attached hydrogen (secondary N) is 1. The van der Waals surface area contributed by atoms with Crippen LogP contribution in [0.1, 0.15) is 25.3 Å². The molecular formula is C20H24ClNO3. The topological polar surface area (TPSA) is 47.6 Å². The molecule has 0 bridgehead atoms. The van der Waals surface area contributed by atoms with Gasteiger partial charge in [0, 0.05) is 11.6 Å². The van der Waals surface area contributed by atoms with Crippen molar-refractivity contribution in [1.82, 2.24) is 5.32 Å². The van der Waals surface area contributed by atoms with Gasteiger partial charge in [-0.05, 0) is 61.2 Å². The molecule has 0 heterocycles. The minimum atomic E-state index is -0.502. The van der Waals surface area contributed by atoms with Gasteiger partial charge >= 0.3 is 0 Å².